The molecule has 0 aliphatic rings. The Morgan fingerprint density at radius 1 is 0.367 bits per heavy atom. The molecule has 0 bridgehead atoms. The van der Waals surface area contributed by atoms with Crippen molar-refractivity contribution in [1.82, 2.24) is 4.90 Å². The Morgan fingerprint density at radius 2 is 0.633 bits per heavy atom. The van der Waals surface area contributed by atoms with Gasteiger partial charge in [-0.3, -0.25) is 4.90 Å². The van der Waals surface area contributed by atoms with Crippen molar-refractivity contribution in [2.45, 2.75) is 142 Å². The summed E-state index contributed by atoms with van der Waals surface area (Å²) in [4.78, 5) is 2.16. The van der Waals surface area contributed by atoms with E-state index in [1.165, 1.54) is 135 Å². The van der Waals surface area contributed by atoms with Crippen molar-refractivity contribution < 1.29 is 10.2 Å². The van der Waals surface area contributed by atoms with Crippen LogP contribution in [0.5, 0.6) is 0 Å². The molecular formula is C27H57NO2. The number of hydrogen-bond acceptors (Lipinski definition) is 3. The molecule has 0 aromatic carbocycles. The quantitative estimate of drug-likeness (QED) is 0.141. The van der Waals surface area contributed by atoms with Gasteiger partial charge in [-0.2, -0.15) is 0 Å². The Labute approximate surface area is 190 Å². The van der Waals surface area contributed by atoms with E-state index in [0.717, 1.165) is 6.54 Å². The summed E-state index contributed by atoms with van der Waals surface area (Å²) >= 11 is 0. The van der Waals surface area contributed by atoms with E-state index < -0.39 is 0 Å². The number of rotatable bonds is 26. The van der Waals surface area contributed by atoms with Crippen LogP contribution in [0.3, 0.4) is 0 Å². The molecule has 0 amide bonds. The van der Waals surface area contributed by atoms with Crippen LogP contribution < -0.4 is 0 Å². The average Bonchev–Trinajstić information content (AvgIpc) is 2.75. The number of hydrogen-bond donors (Lipinski definition) is 2. The van der Waals surface area contributed by atoms with Gasteiger partial charge in [0.1, 0.15) is 0 Å². The largest absolute Gasteiger partial charge is 0.395 e. The zero-order chi connectivity index (χ0) is 22.0. The topological polar surface area (TPSA) is 43.7 Å². The van der Waals surface area contributed by atoms with E-state index in [1.807, 2.05) is 0 Å². The van der Waals surface area contributed by atoms with Gasteiger partial charge >= 0.3 is 0 Å². The summed E-state index contributed by atoms with van der Waals surface area (Å²) in [5.74, 6) is 0. The SMILES string of the molecule is CCCCCCCCCCCCCCCCCCCCCCCN(CCO)CCO. The third kappa shape index (κ3) is 24.2. The molecule has 0 rings (SSSR count). The Hall–Kier alpha value is -0.120. The summed E-state index contributed by atoms with van der Waals surface area (Å²) in [6, 6.07) is 0. The van der Waals surface area contributed by atoms with Crippen LogP contribution in [0.15, 0.2) is 0 Å². The number of aliphatic hydroxyl groups excluding tert-OH is 2. The molecule has 0 saturated heterocycles. The van der Waals surface area contributed by atoms with Gasteiger partial charge < -0.3 is 10.2 Å². The Bertz CT molecular complexity index is 293. The van der Waals surface area contributed by atoms with Crippen LogP contribution in [0.25, 0.3) is 0 Å². The third-order valence-corrected chi connectivity index (χ3v) is 6.41. The Kier molecular flexibility index (Phi) is 26.8. The molecule has 0 aromatic heterocycles. The van der Waals surface area contributed by atoms with E-state index in [1.54, 1.807) is 0 Å². The molecule has 3 nitrogen and oxygen atoms in total. The van der Waals surface area contributed by atoms with Crippen LogP contribution in [-0.2, 0) is 0 Å². The fraction of sp³-hybridized carbons (Fsp3) is 1.00. The van der Waals surface area contributed by atoms with E-state index >= 15 is 0 Å². The minimum atomic E-state index is 0.194. The first-order chi connectivity index (χ1) is 14.8. The molecule has 30 heavy (non-hydrogen) atoms. The molecule has 0 aliphatic carbocycles. The van der Waals surface area contributed by atoms with Crippen molar-refractivity contribution in [3.63, 3.8) is 0 Å². The lowest BCUT2D eigenvalue weighted by atomic mass is 10.0. The first-order valence-corrected chi connectivity index (χ1v) is 13.8. The number of unbranched alkanes of at least 4 members (excludes halogenated alkanes) is 20. The van der Waals surface area contributed by atoms with Crippen LogP contribution in [0.4, 0.5) is 0 Å². The zero-order valence-electron chi connectivity index (χ0n) is 20.7. The Balaban J connectivity index is 3.11. The fourth-order valence-corrected chi connectivity index (χ4v) is 4.39. The van der Waals surface area contributed by atoms with E-state index in [2.05, 4.69) is 11.8 Å². The van der Waals surface area contributed by atoms with Crippen LogP contribution in [0, 0.1) is 0 Å². The van der Waals surface area contributed by atoms with Gasteiger partial charge in [-0.1, -0.05) is 135 Å². The summed E-state index contributed by atoms with van der Waals surface area (Å²) in [7, 11) is 0. The van der Waals surface area contributed by atoms with Gasteiger partial charge in [-0.05, 0) is 13.0 Å². The highest BCUT2D eigenvalue weighted by Gasteiger charge is 2.02. The lowest BCUT2D eigenvalue weighted by molar-refractivity contribution is 0.159. The lowest BCUT2D eigenvalue weighted by Gasteiger charge is -2.19. The van der Waals surface area contributed by atoms with Crippen molar-refractivity contribution >= 4 is 0 Å². The predicted octanol–water partition coefficient (Wildman–Crippen LogP) is 7.49. The molecule has 0 aliphatic heterocycles. The lowest BCUT2D eigenvalue weighted by Crippen LogP contribution is -2.30. The fourth-order valence-electron chi connectivity index (χ4n) is 4.39. The van der Waals surface area contributed by atoms with Crippen LogP contribution >= 0.6 is 0 Å². The highest BCUT2D eigenvalue weighted by Crippen LogP contribution is 2.15. The second kappa shape index (κ2) is 26.9. The summed E-state index contributed by atoms with van der Waals surface area (Å²) in [5.41, 5.74) is 0. The van der Waals surface area contributed by atoms with Crippen molar-refractivity contribution in [2.75, 3.05) is 32.8 Å². The van der Waals surface area contributed by atoms with Gasteiger partial charge in [-0.25, -0.2) is 0 Å². The molecule has 3 heteroatoms. The van der Waals surface area contributed by atoms with Crippen LogP contribution in [-0.4, -0.2) is 48.0 Å². The van der Waals surface area contributed by atoms with E-state index in [0.29, 0.717) is 13.1 Å². The molecule has 182 valence electrons. The molecule has 0 heterocycles. The maximum absolute atomic E-state index is 9.01. The predicted molar refractivity (Wildman–Crippen MR) is 133 cm³/mol. The minimum absolute atomic E-state index is 0.194. The van der Waals surface area contributed by atoms with Crippen LogP contribution in [0.1, 0.15) is 142 Å². The minimum Gasteiger partial charge on any atom is -0.395 e. The summed E-state index contributed by atoms with van der Waals surface area (Å²) in [6.45, 7) is 5.08. The first-order valence-electron chi connectivity index (χ1n) is 13.8. The van der Waals surface area contributed by atoms with E-state index in [9.17, 15) is 0 Å². The van der Waals surface area contributed by atoms with Gasteiger partial charge in [-0.15, -0.1) is 0 Å². The number of aliphatic hydroxyl groups is 2. The molecule has 0 aromatic rings. The molecule has 0 atom stereocenters. The van der Waals surface area contributed by atoms with Crippen LogP contribution in [0.2, 0.25) is 0 Å². The van der Waals surface area contributed by atoms with Crippen molar-refractivity contribution in [3.05, 3.63) is 0 Å². The number of nitrogens with zero attached hydrogens (tertiary/aromatic N) is 1. The molecule has 0 spiro atoms. The maximum Gasteiger partial charge on any atom is 0.0558 e. The van der Waals surface area contributed by atoms with E-state index in [-0.39, 0.29) is 13.2 Å². The van der Waals surface area contributed by atoms with Gasteiger partial charge in [0.25, 0.3) is 0 Å². The molecule has 0 saturated carbocycles. The van der Waals surface area contributed by atoms with Crippen molar-refractivity contribution in [2.24, 2.45) is 0 Å². The molecule has 0 radical (unpaired) electrons. The molecular weight excluding hydrogens is 370 g/mol. The highest BCUT2D eigenvalue weighted by atomic mass is 16.3. The van der Waals surface area contributed by atoms with Crippen molar-refractivity contribution in [1.29, 1.82) is 0 Å². The molecule has 2 N–H and O–H groups in total. The normalized spacial score (nSPS) is 11.6. The maximum atomic E-state index is 9.01. The van der Waals surface area contributed by atoms with Gasteiger partial charge in [0.2, 0.25) is 0 Å². The van der Waals surface area contributed by atoms with Gasteiger partial charge in [0.15, 0.2) is 0 Å². The second-order valence-corrected chi connectivity index (χ2v) is 9.36. The summed E-state index contributed by atoms with van der Waals surface area (Å²) < 4.78 is 0. The summed E-state index contributed by atoms with van der Waals surface area (Å²) in [5, 5.41) is 18.0. The smallest absolute Gasteiger partial charge is 0.0558 e. The van der Waals surface area contributed by atoms with Crippen molar-refractivity contribution in [3.8, 4) is 0 Å². The third-order valence-electron chi connectivity index (χ3n) is 6.41. The van der Waals surface area contributed by atoms with Gasteiger partial charge in [0.05, 0.1) is 13.2 Å². The monoisotopic (exact) mass is 427 g/mol. The summed E-state index contributed by atoms with van der Waals surface area (Å²) in [6.07, 6.45) is 29.7. The average molecular weight is 428 g/mol. The highest BCUT2D eigenvalue weighted by molar-refractivity contribution is 4.57. The molecule has 0 fully saturated rings. The molecule has 0 unspecified atom stereocenters. The zero-order valence-corrected chi connectivity index (χ0v) is 20.7. The second-order valence-electron chi connectivity index (χ2n) is 9.36. The van der Waals surface area contributed by atoms with Gasteiger partial charge in [0, 0.05) is 13.1 Å². The first kappa shape index (κ1) is 29.9. The standard InChI is InChI=1S/C27H57NO2/c1-2-3-4-5-6-7-8-9-10-11-12-13-14-15-16-17-18-19-20-21-22-23-28(24-26-29)25-27-30/h29-30H,2-27H2,1H3. The Morgan fingerprint density at radius 3 is 0.900 bits per heavy atom. The van der Waals surface area contributed by atoms with E-state index in [4.69, 9.17) is 10.2 Å².